The maximum Gasteiger partial charge on any atom is 0.251 e. The van der Waals surface area contributed by atoms with Crippen LogP contribution in [0.4, 0.5) is 5.82 Å². The number of carbonyl (C=O) groups excluding carboxylic acids is 1. The summed E-state index contributed by atoms with van der Waals surface area (Å²) in [6.45, 7) is 6.31. The highest BCUT2D eigenvalue weighted by Gasteiger charge is 2.15. The third-order valence-electron chi connectivity index (χ3n) is 3.67. The van der Waals surface area contributed by atoms with E-state index in [2.05, 4.69) is 41.5 Å². The van der Waals surface area contributed by atoms with Crippen molar-refractivity contribution in [2.45, 2.75) is 20.8 Å². The Bertz CT molecular complexity index is 868. The number of nitrogens with one attached hydrogen (secondary N) is 1. The number of benzene rings is 1. The average Bonchev–Trinajstić information content (AvgIpc) is 3.20. The molecule has 3 rings (SSSR count). The van der Waals surface area contributed by atoms with Crippen molar-refractivity contribution in [3.05, 3.63) is 47.2 Å². The minimum absolute atomic E-state index is 0.0210. The average molecular weight is 356 g/mol. The van der Waals surface area contributed by atoms with Gasteiger partial charge in [-0.05, 0) is 20.8 Å². The fourth-order valence-electron chi connectivity index (χ4n) is 2.37. The lowest BCUT2D eigenvalue weighted by Gasteiger charge is -2.08. The number of hydrogen-bond donors (Lipinski definition) is 1. The van der Waals surface area contributed by atoms with E-state index < -0.39 is 0 Å². The molecular formula is C18H20N4O2S. The van der Waals surface area contributed by atoms with Gasteiger partial charge in [0.25, 0.3) is 5.91 Å². The smallest absolute Gasteiger partial charge is 0.251 e. The van der Waals surface area contributed by atoms with Gasteiger partial charge in [-0.15, -0.1) is 11.3 Å². The third-order valence-corrected chi connectivity index (χ3v) is 4.50. The van der Waals surface area contributed by atoms with Gasteiger partial charge < -0.3 is 10.1 Å². The van der Waals surface area contributed by atoms with E-state index >= 15 is 0 Å². The predicted octanol–water partition coefficient (Wildman–Crippen LogP) is 3.59. The van der Waals surface area contributed by atoms with Gasteiger partial charge in [-0.1, -0.05) is 29.8 Å². The molecule has 0 spiro atoms. The van der Waals surface area contributed by atoms with Crippen molar-refractivity contribution in [1.82, 2.24) is 14.5 Å². The molecule has 2 heterocycles. The van der Waals surface area contributed by atoms with Crippen molar-refractivity contribution >= 4 is 23.1 Å². The number of rotatable bonds is 6. The summed E-state index contributed by atoms with van der Waals surface area (Å²) in [4.78, 5) is 20.9. The topological polar surface area (TPSA) is 69.0 Å². The molecular weight excluding hydrogens is 336 g/mol. The number of anilines is 1. The van der Waals surface area contributed by atoms with Crippen LogP contribution in [0, 0.1) is 13.8 Å². The number of hydrogen-bond acceptors (Lipinski definition) is 5. The first-order valence-corrected chi connectivity index (χ1v) is 8.91. The molecule has 0 aliphatic rings. The number of amides is 1. The Balaban J connectivity index is 1.86. The molecule has 0 bridgehead atoms. The van der Waals surface area contributed by atoms with Crippen molar-refractivity contribution in [2.75, 3.05) is 18.5 Å². The van der Waals surface area contributed by atoms with Crippen LogP contribution in [0.1, 0.15) is 18.3 Å². The van der Waals surface area contributed by atoms with Crippen molar-refractivity contribution in [3.63, 3.8) is 0 Å². The van der Waals surface area contributed by atoms with Crippen LogP contribution in [0.25, 0.3) is 16.4 Å². The number of thiazole rings is 1. The van der Waals surface area contributed by atoms with Crippen molar-refractivity contribution in [3.8, 4) is 16.4 Å². The van der Waals surface area contributed by atoms with E-state index in [0.29, 0.717) is 12.4 Å². The van der Waals surface area contributed by atoms with Crippen LogP contribution < -0.4 is 5.32 Å². The van der Waals surface area contributed by atoms with E-state index in [9.17, 15) is 4.79 Å². The van der Waals surface area contributed by atoms with E-state index in [1.807, 2.05) is 23.8 Å². The van der Waals surface area contributed by atoms with Crippen LogP contribution in [-0.2, 0) is 9.53 Å². The Kier molecular flexibility index (Phi) is 5.25. The maximum atomic E-state index is 11.9. The molecule has 0 radical (unpaired) electrons. The molecule has 130 valence electrons. The Labute approximate surface area is 150 Å². The molecule has 0 saturated heterocycles. The molecule has 2 aromatic heterocycles. The summed E-state index contributed by atoms with van der Waals surface area (Å²) in [6, 6.07) is 8.24. The van der Waals surface area contributed by atoms with Crippen molar-refractivity contribution in [1.29, 1.82) is 0 Å². The second kappa shape index (κ2) is 7.58. The van der Waals surface area contributed by atoms with Gasteiger partial charge in [-0.3, -0.25) is 9.36 Å². The van der Waals surface area contributed by atoms with Gasteiger partial charge >= 0.3 is 0 Å². The second-order valence-electron chi connectivity index (χ2n) is 5.59. The molecule has 0 saturated carbocycles. The summed E-state index contributed by atoms with van der Waals surface area (Å²) in [5.41, 5.74) is 3.18. The third kappa shape index (κ3) is 3.94. The normalized spacial score (nSPS) is 10.8. The van der Waals surface area contributed by atoms with Crippen LogP contribution in [0.15, 0.2) is 35.8 Å². The van der Waals surface area contributed by atoms with Crippen LogP contribution >= 0.6 is 11.3 Å². The highest BCUT2D eigenvalue weighted by molar-refractivity contribution is 7.12. The molecule has 0 aliphatic heterocycles. The summed E-state index contributed by atoms with van der Waals surface area (Å²) < 4.78 is 6.98. The minimum atomic E-state index is -0.210. The SMILES string of the molecule is CCOCC(=O)Nc1cnc(C)n1-c1nc(-c2ccc(C)cc2)cs1. The van der Waals surface area contributed by atoms with Gasteiger partial charge in [0.15, 0.2) is 5.13 Å². The van der Waals surface area contributed by atoms with Gasteiger partial charge in [0.1, 0.15) is 18.2 Å². The predicted molar refractivity (Wildman–Crippen MR) is 99.3 cm³/mol. The van der Waals surface area contributed by atoms with Crippen molar-refractivity contribution in [2.24, 2.45) is 0 Å². The van der Waals surface area contributed by atoms with Crippen LogP contribution in [0.5, 0.6) is 0 Å². The lowest BCUT2D eigenvalue weighted by Crippen LogP contribution is -2.20. The van der Waals surface area contributed by atoms with Crippen molar-refractivity contribution < 1.29 is 9.53 Å². The van der Waals surface area contributed by atoms with Crippen LogP contribution in [0.3, 0.4) is 0 Å². The number of ether oxygens (including phenoxy) is 1. The monoisotopic (exact) mass is 356 g/mol. The van der Waals surface area contributed by atoms with E-state index in [4.69, 9.17) is 9.72 Å². The van der Waals surface area contributed by atoms with Gasteiger partial charge in [0.2, 0.25) is 0 Å². The first-order chi connectivity index (χ1) is 12.1. The van der Waals surface area contributed by atoms with E-state index in [0.717, 1.165) is 22.2 Å². The summed E-state index contributed by atoms with van der Waals surface area (Å²) in [5.74, 6) is 1.14. The molecule has 0 unspecified atom stereocenters. The van der Waals surface area contributed by atoms with E-state index in [1.165, 1.54) is 16.9 Å². The zero-order valence-corrected chi connectivity index (χ0v) is 15.3. The van der Waals surface area contributed by atoms with Crippen LogP contribution in [0.2, 0.25) is 0 Å². The lowest BCUT2D eigenvalue weighted by atomic mass is 10.1. The molecule has 1 amide bonds. The quantitative estimate of drug-likeness (QED) is 0.733. The Morgan fingerprint density at radius 2 is 2.04 bits per heavy atom. The molecule has 6 nitrogen and oxygen atoms in total. The number of aromatic nitrogens is 3. The van der Waals surface area contributed by atoms with Crippen LogP contribution in [-0.4, -0.2) is 33.7 Å². The van der Waals surface area contributed by atoms with E-state index in [-0.39, 0.29) is 12.5 Å². The fraction of sp³-hybridized carbons (Fsp3) is 0.278. The highest BCUT2D eigenvalue weighted by atomic mass is 32.1. The molecule has 0 atom stereocenters. The number of aryl methyl sites for hydroxylation is 2. The molecule has 7 heteroatoms. The highest BCUT2D eigenvalue weighted by Crippen LogP contribution is 2.27. The Morgan fingerprint density at radius 3 is 2.76 bits per heavy atom. The second-order valence-corrected chi connectivity index (χ2v) is 6.43. The molecule has 1 N–H and O–H groups in total. The first kappa shape index (κ1) is 17.3. The number of nitrogens with zero attached hydrogens (tertiary/aromatic N) is 3. The van der Waals surface area contributed by atoms with Gasteiger partial charge in [-0.2, -0.15) is 0 Å². The zero-order valence-electron chi connectivity index (χ0n) is 14.4. The number of carbonyl (C=O) groups is 1. The number of imidazole rings is 1. The standard InChI is InChI=1S/C18H20N4O2S/c1-4-24-10-17(23)21-16-9-19-13(3)22(16)18-20-15(11-25-18)14-7-5-12(2)6-8-14/h5-9,11H,4,10H2,1-3H3,(H,21,23). The maximum absolute atomic E-state index is 11.9. The van der Waals surface area contributed by atoms with E-state index in [1.54, 1.807) is 6.20 Å². The first-order valence-electron chi connectivity index (χ1n) is 8.03. The molecule has 0 fully saturated rings. The summed E-state index contributed by atoms with van der Waals surface area (Å²) in [7, 11) is 0. The summed E-state index contributed by atoms with van der Waals surface area (Å²) in [6.07, 6.45) is 1.63. The zero-order chi connectivity index (χ0) is 17.8. The minimum Gasteiger partial charge on any atom is -0.372 e. The van der Waals surface area contributed by atoms with Gasteiger partial charge in [-0.25, -0.2) is 9.97 Å². The molecule has 1 aromatic carbocycles. The molecule has 3 aromatic rings. The lowest BCUT2D eigenvalue weighted by molar-refractivity contribution is -0.120. The molecule has 25 heavy (non-hydrogen) atoms. The summed E-state index contributed by atoms with van der Waals surface area (Å²) in [5, 5.41) is 5.59. The van der Waals surface area contributed by atoms with Gasteiger partial charge in [0.05, 0.1) is 11.9 Å². The Hall–Kier alpha value is -2.51. The summed E-state index contributed by atoms with van der Waals surface area (Å²) >= 11 is 1.51. The van der Waals surface area contributed by atoms with Gasteiger partial charge in [0, 0.05) is 17.6 Å². The largest absolute Gasteiger partial charge is 0.372 e. The fourth-order valence-corrected chi connectivity index (χ4v) is 3.26. The Morgan fingerprint density at radius 1 is 1.28 bits per heavy atom. The molecule has 0 aliphatic carbocycles.